The molecule has 0 radical (unpaired) electrons. The number of hydrogen-bond acceptors (Lipinski definition) is 8. The normalized spacial score (nSPS) is 26.5. The number of nitrogens with zero attached hydrogens (tertiary/aromatic N) is 2. The molecule has 230 valence electrons. The van der Waals surface area contributed by atoms with Gasteiger partial charge in [0.15, 0.2) is 23.1 Å². The van der Waals surface area contributed by atoms with Crippen LogP contribution >= 0.6 is 15.9 Å². The zero-order valence-electron chi connectivity index (χ0n) is 24.6. The molecule has 5 aliphatic rings. The summed E-state index contributed by atoms with van der Waals surface area (Å²) in [5.41, 5.74) is 3.92. The van der Waals surface area contributed by atoms with Crippen LogP contribution in [0.4, 0.5) is 11.4 Å². The SMILES string of the molecule is COc1cc(C=C[C@H]2C3=CC[C@@H]4C(=O)N(c5ccc(N6CCOCC6)cc5)C(=O)[C@@H]4[C@@H]3CC3=C2C(=O)C=C(Br)C3=O)ccc1O. The van der Waals surface area contributed by atoms with Gasteiger partial charge in [-0.15, -0.1) is 0 Å². The van der Waals surface area contributed by atoms with Crippen LogP contribution in [0.15, 0.2) is 81.9 Å². The highest BCUT2D eigenvalue weighted by atomic mass is 79.9. The Labute approximate surface area is 268 Å². The number of phenols is 1. The Hall–Kier alpha value is -4.28. The molecule has 2 aromatic carbocycles. The van der Waals surface area contributed by atoms with Crippen molar-refractivity contribution in [2.75, 3.05) is 43.2 Å². The van der Waals surface area contributed by atoms with Crippen molar-refractivity contribution in [3.63, 3.8) is 0 Å². The maximum absolute atomic E-state index is 14.2. The number of ketones is 2. The van der Waals surface area contributed by atoms with Crippen molar-refractivity contribution in [3.8, 4) is 11.5 Å². The van der Waals surface area contributed by atoms with Gasteiger partial charge in [-0.25, -0.2) is 0 Å². The molecule has 0 aromatic heterocycles. The van der Waals surface area contributed by atoms with Crippen LogP contribution in [0, 0.1) is 23.7 Å². The summed E-state index contributed by atoms with van der Waals surface area (Å²) in [6.45, 7) is 2.87. The van der Waals surface area contributed by atoms with Crippen molar-refractivity contribution < 1.29 is 33.8 Å². The van der Waals surface area contributed by atoms with Gasteiger partial charge in [-0.3, -0.25) is 24.1 Å². The molecule has 0 bridgehead atoms. The summed E-state index contributed by atoms with van der Waals surface area (Å²) in [5, 5.41) is 10.0. The standard InChI is InChI=1S/C35H31BrN2O7/c1-44-30-16-19(3-11-28(30)39)2-8-23-22-9-10-24-32(25(22)17-26-31(23)29(40)18-27(36)33(26)41)35(43)38(34(24)42)21-6-4-20(5-7-21)37-12-14-45-15-13-37/h2-9,11,16,18,23-25,32,39H,10,12-15,17H2,1H3/t23-,24-,25+,32-/m0/s1. The second-order valence-electron chi connectivity index (χ2n) is 11.9. The fourth-order valence-corrected chi connectivity index (χ4v) is 7.83. The van der Waals surface area contributed by atoms with Crippen molar-refractivity contribution in [1.29, 1.82) is 0 Å². The molecular weight excluding hydrogens is 640 g/mol. The van der Waals surface area contributed by atoms with E-state index in [1.54, 1.807) is 12.1 Å². The number of carbonyl (C=O) groups excluding carboxylic acids is 4. The van der Waals surface area contributed by atoms with E-state index in [-0.39, 0.29) is 40.0 Å². The number of anilines is 2. The number of allylic oxidation sites excluding steroid dienone is 7. The first-order chi connectivity index (χ1) is 21.8. The summed E-state index contributed by atoms with van der Waals surface area (Å²) in [7, 11) is 1.47. The summed E-state index contributed by atoms with van der Waals surface area (Å²) in [6.07, 6.45) is 7.55. The van der Waals surface area contributed by atoms with Gasteiger partial charge in [0.1, 0.15) is 0 Å². The van der Waals surface area contributed by atoms with Gasteiger partial charge in [-0.05, 0) is 76.7 Å². The van der Waals surface area contributed by atoms with Crippen molar-refractivity contribution in [3.05, 3.63) is 87.5 Å². The Kier molecular flexibility index (Phi) is 7.57. The highest BCUT2D eigenvalue weighted by Crippen LogP contribution is 2.53. The van der Waals surface area contributed by atoms with Crippen LogP contribution in [0.2, 0.25) is 0 Å². The molecule has 0 spiro atoms. The van der Waals surface area contributed by atoms with Crippen LogP contribution in [0.3, 0.4) is 0 Å². The molecule has 2 amide bonds. The van der Waals surface area contributed by atoms with E-state index in [4.69, 9.17) is 9.47 Å². The minimum absolute atomic E-state index is 0.00569. The molecular formula is C35H31BrN2O7. The predicted octanol–water partition coefficient (Wildman–Crippen LogP) is 4.75. The molecule has 9 nitrogen and oxygen atoms in total. The number of morpholine rings is 1. The number of imide groups is 1. The average molecular weight is 672 g/mol. The van der Waals surface area contributed by atoms with Crippen molar-refractivity contribution >= 4 is 56.8 Å². The Bertz CT molecular complexity index is 1750. The third-order valence-corrected chi connectivity index (χ3v) is 10.1. The van der Waals surface area contributed by atoms with Crippen LogP contribution in [0.1, 0.15) is 18.4 Å². The fraction of sp³-hybridized carbons (Fsp3) is 0.314. The lowest BCUT2D eigenvalue weighted by atomic mass is 9.61. The van der Waals surface area contributed by atoms with Gasteiger partial charge in [0, 0.05) is 41.9 Å². The monoisotopic (exact) mass is 670 g/mol. The van der Waals surface area contributed by atoms with Crippen LogP contribution in [0.25, 0.3) is 6.08 Å². The molecule has 7 rings (SSSR count). The second kappa shape index (κ2) is 11.6. The first kappa shape index (κ1) is 29.4. The number of benzene rings is 2. The number of amides is 2. The van der Waals surface area contributed by atoms with Gasteiger partial charge in [0.25, 0.3) is 0 Å². The van der Waals surface area contributed by atoms with E-state index < -0.39 is 23.7 Å². The van der Waals surface area contributed by atoms with Gasteiger partial charge < -0.3 is 19.5 Å². The summed E-state index contributed by atoms with van der Waals surface area (Å²) in [5.74, 6) is -2.92. The third-order valence-electron chi connectivity index (χ3n) is 9.55. The maximum atomic E-state index is 14.2. The molecule has 45 heavy (non-hydrogen) atoms. The lowest BCUT2D eigenvalue weighted by Crippen LogP contribution is -2.40. The molecule has 0 unspecified atom stereocenters. The van der Waals surface area contributed by atoms with Crippen LogP contribution in [0.5, 0.6) is 11.5 Å². The molecule has 10 heteroatoms. The molecule has 2 aliphatic heterocycles. The molecule has 1 N–H and O–H groups in total. The molecule has 0 saturated carbocycles. The molecule has 2 aromatic rings. The number of methoxy groups -OCH3 is 1. The number of rotatable bonds is 5. The van der Waals surface area contributed by atoms with Gasteiger partial charge >= 0.3 is 0 Å². The van der Waals surface area contributed by atoms with E-state index in [9.17, 15) is 24.3 Å². The Morgan fingerprint density at radius 3 is 2.44 bits per heavy atom. The highest BCUT2D eigenvalue weighted by molar-refractivity contribution is 9.12. The lowest BCUT2D eigenvalue weighted by Gasteiger charge is -2.41. The minimum Gasteiger partial charge on any atom is -0.504 e. The lowest BCUT2D eigenvalue weighted by molar-refractivity contribution is -0.123. The maximum Gasteiger partial charge on any atom is 0.238 e. The smallest absolute Gasteiger partial charge is 0.238 e. The van der Waals surface area contributed by atoms with E-state index >= 15 is 0 Å². The van der Waals surface area contributed by atoms with Crippen LogP contribution in [-0.4, -0.2) is 61.9 Å². The van der Waals surface area contributed by atoms with Gasteiger partial charge in [-0.1, -0.05) is 29.9 Å². The number of Topliss-reactive ketones (excluding diaryl/α,β-unsaturated/α-hetero) is 1. The number of hydrogen-bond donors (Lipinski definition) is 1. The predicted molar refractivity (Wildman–Crippen MR) is 171 cm³/mol. The van der Waals surface area contributed by atoms with E-state index in [0.717, 1.165) is 29.9 Å². The molecule has 3 aliphatic carbocycles. The summed E-state index contributed by atoms with van der Waals surface area (Å²) in [6, 6.07) is 12.4. The number of ether oxygens (including phenoxy) is 2. The fourth-order valence-electron chi connectivity index (χ4n) is 7.38. The number of phenolic OH excluding ortho intramolecular Hbond substituents is 1. The van der Waals surface area contributed by atoms with Gasteiger partial charge in [0.2, 0.25) is 11.8 Å². The largest absolute Gasteiger partial charge is 0.504 e. The van der Waals surface area contributed by atoms with E-state index in [2.05, 4.69) is 20.8 Å². The first-order valence-corrected chi connectivity index (χ1v) is 15.8. The zero-order chi connectivity index (χ0) is 31.4. The molecule has 2 fully saturated rings. The summed E-state index contributed by atoms with van der Waals surface area (Å²) in [4.78, 5) is 58.3. The van der Waals surface area contributed by atoms with Gasteiger partial charge in [0.05, 0.1) is 42.3 Å². The quantitative estimate of drug-likeness (QED) is 0.276. The number of carbonyl (C=O) groups is 4. The Morgan fingerprint density at radius 2 is 1.71 bits per heavy atom. The molecule has 2 heterocycles. The van der Waals surface area contributed by atoms with E-state index in [1.807, 2.05) is 42.5 Å². The van der Waals surface area contributed by atoms with Crippen LogP contribution in [-0.2, 0) is 23.9 Å². The third kappa shape index (κ3) is 4.96. The Morgan fingerprint density at radius 1 is 0.978 bits per heavy atom. The molecule has 4 atom stereocenters. The minimum atomic E-state index is -0.650. The topological polar surface area (TPSA) is 113 Å². The number of fused-ring (bicyclic) bond motifs is 3. The van der Waals surface area contributed by atoms with Crippen molar-refractivity contribution in [2.24, 2.45) is 23.7 Å². The highest BCUT2D eigenvalue weighted by Gasteiger charge is 2.56. The van der Waals surface area contributed by atoms with Crippen molar-refractivity contribution in [1.82, 2.24) is 0 Å². The second-order valence-corrected chi connectivity index (χ2v) is 12.7. The number of halogens is 1. The first-order valence-electron chi connectivity index (χ1n) is 15.0. The zero-order valence-corrected chi connectivity index (χ0v) is 26.2. The van der Waals surface area contributed by atoms with E-state index in [0.29, 0.717) is 42.2 Å². The Balaban J connectivity index is 1.23. The average Bonchev–Trinajstić information content (AvgIpc) is 3.32. The van der Waals surface area contributed by atoms with Gasteiger partial charge in [-0.2, -0.15) is 0 Å². The van der Waals surface area contributed by atoms with Crippen LogP contribution < -0.4 is 14.5 Å². The van der Waals surface area contributed by atoms with E-state index in [1.165, 1.54) is 24.2 Å². The summed E-state index contributed by atoms with van der Waals surface area (Å²) < 4.78 is 10.9. The summed E-state index contributed by atoms with van der Waals surface area (Å²) >= 11 is 3.26. The number of aromatic hydroxyl groups is 1. The molecule has 2 saturated heterocycles. The van der Waals surface area contributed by atoms with Crippen molar-refractivity contribution in [2.45, 2.75) is 12.8 Å².